The predicted molar refractivity (Wildman–Crippen MR) is 75.9 cm³/mol. The van der Waals surface area contributed by atoms with Gasteiger partial charge in [0, 0.05) is 16.1 Å². The zero-order valence-corrected chi connectivity index (χ0v) is 11.8. The number of anilines is 1. The molecule has 0 atom stereocenters. The SMILES string of the molecule is Nc1c(COc2ccc(Br)cc2F)cccc1[N+](=O)[O-]. The zero-order valence-electron chi connectivity index (χ0n) is 10.2. The second-order valence-electron chi connectivity index (χ2n) is 3.97. The highest BCUT2D eigenvalue weighted by molar-refractivity contribution is 9.10. The highest BCUT2D eigenvalue weighted by atomic mass is 79.9. The Morgan fingerprint density at radius 3 is 2.75 bits per heavy atom. The van der Waals surface area contributed by atoms with Gasteiger partial charge < -0.3 is 10.5 Å². The van der Waals surface area contributed by atoms with Crippen LogP contribution in [0.2, 0.25) is 0 Å². The lowest BCUT2D eigenvalue weighted by Gasteiger charge is -2.09. The van der Waals surface area contributed by atoms with Crippen LogP contribution in [0.25, 0.3) is 0 Å². The van der Waals surface area contributed by atoms with Gasteiger partial charge in [-0.2, -0.15) is 0 Å². The predicted octanol–water partition coefficient (Wildman–Crippen LogP) is 3.66. The van der Waals surface area contributed by atoms with E-state index >= 15 is 0 Å². The van der Waals surface area contributed by atoms with E-state index < -0.39 is 10.7 Å². The number of hydrogen-bond acceptors (Lipinski definition) is 4. The fraction of sp³-hybridized carbons (Fsp3) is 0.0769. The van der Waals surface area contributed by atoms with Crippen molar-refractivity contribution in [2.24, 2.45) is 0 Å². The van der Waals surface area contributed by atoms with E-state index in [9.17, 15) is 14.5 Å². The van der Waals surface area contributed by atoms with Crippen LogP contribution in [0.4, 0.5) is 15.8 Å². The first-order valence-corrected chi connectivity index (χ1v) is 6.38. The van der Waals surface area contributed by atoms with Crippen molar-refractivity contribution in [2.75, 3.05) is 5.73 Å². The maximum absolute atomic E-state index is 13.6. The summed E-state index contributed by atoms with van der Waals surface area (Å²) in [6, 6.07) is 8.78. The molecule has 0 bridgehead atoms. The van der Waals surface area contributed by atoms with Gasteiger partial charge in [0.05, 0.1) is 4.92 Å². The van der Waals surface area contributed by atoms with Gasteiger partial charge >= 0.3 is 0 Å². The Labute approximate surface area is 122 Å². The summed E-state index contributed by atoms with van der Waals surface area (Å²) < 4.78 is 19.5. The van der Waals surface area contributed by atoms with Gasteiger partial charge in [-0.25, -0.2) is 4.39 Å². The number of rotatable bonds is 4. The van der Waals surface area contributed by atoms with E-state index in [1.807, 2.05) is 0 Å². The molecule has 2 aromatic carbocycles. The molecule has 0 saturated heterocycles. The number of benzene rings is 2. The van der Waals surface area contributed by atoms with Crippen LogP contribution in [0, 0.1) is 15.9 Å². The minimum absolute atomic E-state index is 0.0232. The summed E-state index contributed by atoms with van der Waals surface area (Å²) in [6.45, 7) is -0.0495. The van der Waals surface area contributed by atoms with Gasteiger partial charge in [0.15, 0.2) is 11.6 Å². The second-order valence-corrected chi connectivity index (χ2v) is 4.89. The van der Waals surface area contributed by atoms with Gasteiger partial charge in [0.25, 0.3) is 5.69 Å². The van der Waals surface area contributed by atoms with Crippen molar-refractivity contribution in [1.29, 1.82) is 0 Å². The highest BCUT2D eigenvalue weighted by Gasteiger charge is 2.15. The number of nitrogens with zero attached hydrogens (tertiary/aromatic N) is 1. The van der Waals surface area contributed by atoms with Crippen LogP contribution in [0.5, 0.6) is 5.75 Å². The van der Waals surface area contributed by atoms with Crippen LogP contribution in [0.1, 0.15) is 5.56 Å². The molecule has 0 aliphatic rings. The first-order valence-electron chi connectivity index (χ1n) is 5.58. The average molecular weight is 341 g/mol. The quantitative estimate of drug-likeness (QED) is 0.523. The molecule has 5 nitrogen and oxygen atoms in total. The Morgan fingerprint density at radius 2 is 2.10 bits per heavy atom. The highest BCUT2D eigenvalue weighted by Crippen LogP contribution is 2.27. The number of halogens is 2. The van der Waals surface area contributed by atoms with E-state index in [1.54, 1.807) is 12.1 Å². The summed E-state index contributed by atoms with van der Waals surface area (Å²) in [6.07, 6.45) is 0. The van der Waals surface area contributed by atoms with Crippen molar-refractivity contribution >= 4 is 27.3 Å². The molecular weight excluding hydrogens is 331 g/mol. The molecule has 0 amide bonds. The lowest BCUT2D eigenvalue weighted by Crippen LogP contribution is -2.04. The third-order valence-electron chi connectivity index (χ3n) is 2.65. The number of nitrogens with two attached hydrogens (primary N) is 1. The maximum atomic E-state index is 13.6. The topological polar surface area (TPSA) is 78.4 Å². The third-order valence-corrected chi connectivity index (χ3v) is 3.14. The Bertz CT molecular complexity index is 664. The summed E-state index contributed by atoms with van der Waals surface area (Å²) in [5, 5.41) is 10.8. The van der Waals surface area contributed by atoms with Gasteiger partial charge in [-0.05, 0) is 18.2 Å². The lowest BCUT2D eigenvalue weighted by atomic mass is 10.1. The number of para-hydroxylation sites is 1. The molecule has 20 heavy (non-hydrogen) atoms. The van der Waals surface area contributed by atoms with Gasteiger partial charge in [-0.1, -0.05) is 28.1 Å². The minimum atomic E-state index is -0.570. The Balaban J connectivity index is 2.19. The van der Waals surface area contributed by atoms with Crippen molar-refractivity contribution in [2.45, 2.75) is 6.61 Å². The summed E-state index contributed by atoms with van der Waals surface area (Å²) in [7, 11) is 0. The number of nitrogen functional groups attached to an aromatic ring is 1. The smallest absolute Gasteiger partial charge is 0.292 e. The molecule has 0 aliphatic heterocycles. The molecule has 0 aliphatic carbocycles. The van der Waals surface area contributed by atoms with Crippen LogP contribution in [0.3, 0.4) is 0 Å². The van der Waals surface area contributed by atoms with Crippen molar-refractivity contribution in [3.8, 4) is 5.75 Å². The molecule has 0 heterocycles. The van der Waals surface area contributed by atoms with Gasteiger partial charge in [-0.3, -0.25) is 10.1 Å². The van der Waals surface area contributed by atoms with Gasteiger partial charge in [0.1, 0.15) is 12.3 Å². The standard InChI is InChI=1S/C13H10BrFN2O3/c14-9-4-5-12(10(15)6-9)20-7-8-2-1-3-11(13(8)16)17(18)19/h1-6H,7,16H2. The molecule has 0 spiro atoms. The summed E-state index contributed by atoms with van der Waals surface area (Å²) >= 11 is 3.14. The third kappa shape index (κ3) is 3.05. The second kappa shape index (κ2) is 5.87. The first kappa shape index (κ1) is 14.3. The fourth-order valence-electron chi connectivity index (χ4n) is 1.63. The molecule has 2 aromatic rings. The largest absolute Gasteiger partial charge is 0.486 e. The van der Waals surface area contributed by atoms with Gasteiger partial charge in [-0.15, -0.1) is 0 Å². The van der Waals surface area contributed by atoms with Crippen molar-refractivity contribution < 1.29 is 14.1 Å². The zero-order chi connectivity index (χ0) is 14.7. The van der Waals surface area contributed by atoms with Crippen LogP contribution in [-0.4, -0.2) is 4.92 Å². The minimum Gasteiger partial charge on any atom is -0.486 e. The number of nitro groups is 1. The summed E-state index contributed by atoms with van der Waals surface area (Å²) in [5.74, 6) is -0.470. The van der Waals surface area contributed by atoms with E-state index in [0.29, 0.717) is 10.0 Å². The number of nitro benzene ring substituents is 1. The normalized spacial score (nSPS) is 10.3. The van der Waals surface area contributed by atoms with E-state index in [4.69, 9.17) is 10.5 Å². The van der Waals surface area contributed by atoms with Crippen molar-refractivity contribution in [1.82, 2.24) is 0 Å². The first-order chi connectivity index (χ1) is 9.49. The summed E-state index contributed by atoms with van der Waals surface area (Å²) in [4.78, 5) is 10.2. The van der Waals surface area contributed by atoms with E-state index in [-0.39, 0.29) is 23.7 Å². The maximum Gasteiger partial charge on any atom is 0.292 e. The summed E-state index contributed by atoms with van der Waals surface area (Å²) in [5.41, 5.74) is 5.95. The molecule has 0 radical (unpaired) electrons. The number of ether oxygens (including phenoxy) is 1. The Kier molecular flexibility index (Phi) is 4.19. The van der Waals surface area contributed by atoms with E-state index in [2.05, 4.69) is 15.9 Å². The number of hydrogen-bond donors (Lipinski definition) is 1. The van der Waals surface area contributed by atoms with Crippen LogP contribution < -0.4 is 10.5 Å². The Hall–Kier alpha value is -2.15. The fourth-order valence-corrected chi connectivity index (χ4v) is 1.97. The van der Waals surface area contributed by atoms with Crippen LogP contribution >= 0.6 is 15.9 Å². The van der Waals surface area contributed by atoms with E-state index in [1.165, 1.54) is 24.3 Å². The molecular formula is C13H10BrFN2O3. The molecule has 0 saturated carbocycles. The average Bonchev–Trinajstić information content (AvgIpc) is 2.39. The molecule has 0 unspecified atom stereocenters. The van der Waals surface area contributed by atoms with E-state index in [0.717, 1.165) is 0 Å². The van der Waals surface area contributed by atoms with Crippen LogP contribution in [0.15, 0.2) is 40.9 Å². The monoisotopic (exact) mass is 340 g/mol. The van der Waals surface area contributed by atoms with Crippen molar-refractivity contribution in [3.05, 3.63) is 62.4 Å². The molecule has 2 N–H and O–H groups in total. The van der Waals surface area contributed by atoms with Crippen molar-refractivity contribution in [3.63, 3.8) is 0 Å². The van der Waals surface area contributed by atoms with Gasteiger partial charge in [0.2, 0.25) is 0 Å². The molecule has 0 fully saturated rings. The van der Waals surface area contributed by atoms with Crippen LogP contribution in [-0.2, 0) is 6.61 Å². The molecule has 7 heteroatoms. The molecule has 0 aromatic heterocycles. The lowest BCUT2D eigenvalue weighted by molar-refractivity contribution is -0.384. The molecule has 2 rings (SSSR count). The Morgan fingerprint density at radius 1 is 1.35 bits per heavy atom. The molecule has 104 valence electrons.